The third-order valence-corrected chi connectivity index (χ3v) is 3.85. The van der Waals surface area contributed by atoms with Crippen molar-refractivity contribution in [2.45, 2.75) is 31.7 Å². The topological polar surface area (TPSA) is 29.3 Å². The van der Waals surface area contributed by atoms with Gasteiger partial charge in [0.15, 0.2) is 0 Å². The highest BCUT2D eigenvalue weighted by Gasteiger charge is 2.32. The highest BCUT2D eigenvalue weighted by molar-refractivity contribution is 5.24. The van der Waals surface area contributed by atoms with Crippen LogP contribution in [-0.2, 0) is 5.54 Å². The van der Waals surface area contributed by atoms with Crippen molar-refractivity contribution < 1.29 is 0 Å². The molecule has 1 aliphatic rings. The van der Waals surface area contributed by atoms with Crippen molar-refractivity contribution in [2.75, 3.05) is 19.6 Å². The van der Waals surface area contributed by atoms with Crippen LogP contribution in [0, 0.1) is 0 Å². The van der Waals surface area contributed by atoms with Gasteiger partial charge in [-0.3, -0.25) is 4.90 Å². The normalized spacial score (nSPS) is 21.6. The maximum atomic E-state index is 6.03. The van der Waals surface area contributed by atoms with Crippen LogP contribution < -0.4 is 5.73 Å². The van der Waals surface area contributed by atoms with Crippen LogP contribution in [0.15, 0.2) is 30.3 Å². The molecule has 1 saturated heterocycles. The molecule has 0 aromatic heterocycles. The van der Waals surface area contributed by atoms with Crippen molar-refractivity contribution in [3.63, 3.8) is 0 Å². The van der Waals surface area contributed by atoms with Crippen molar-refractivity contribution >= 4 is 0 Å². The van der Waals surface area contributed by atoms with Crippen molar-refractivity contribution in [1.82, 2.24) is 4.90 Å². The number of hydrogen-bond acceptors (Lipinski definition) is 2. The zero-order chi connectivity index (χ0) is 11.4. The van der Waals surface area contributed by atoms with E-state index >= 15 is 0 Å². The summed E-state index contributed by atoms with van der Waals surface area (Å²) in [5.74, 6) is 0. The predicted molar refractivity (Wildman–Crippen MR) is 68.3 cm³/mol. The zero-order valence-electron chi connectivity index (χ0n) is 10.2. The van der Waals surface area contributed by atoms with E-state index in [0.29, 0.717) is 6.54 Å². The van der Waals surface area contributed by atoms with Gasteiger partial charge in [-0.1, -0.05) is 36.8 Å². The Balaban J connectivity index is 2.24. The highest BCUT2D eigenvalue weighted by Crippen LogP contribution is 2.29. The third-order valence-electron chi connectivity index (χ3n) is 3.85. The molecular formula is C14H22N2. The molecule has 1 heterocycles. The summed E-state index contributed by atoms with van der Waals surface area (Å²) in [6.07, 6.45) is 3.98. The second-order valence-electron chi connectivity index (χ2n) is 4.89. The number of nitrogens with two attached hydrogens (primary N) is 1. The lowest BCUT2D eigenvalue weighted by Crippen LogP contribution is -2.51. The Morgan fingerprint density at radius 1 is 1.12 bits per heavy atom. The molecular weight excluding hydrogens is 196 g/mol. The first kappa shape index (κ1) is 11.6. The summed E-state index contributed by atoms with van der Waals surface area (Å²) in [6, 6.07) is 10.7. The molecule has 1 unspecified atom stereocenters. The minimum atomic E-state index is 0.0156. The smallest absolute Gasteiger partial charge is 0.0555 e. The van der Waals surface area contributed by atoms with E-state index < -0.39 is 0 Å². The van der Waals surface area contributed by atoms with Crippen molar-refractivity contribution in [3.05, 3.63) is 35.9 Å². The first-order valence-electron chi connectivity index (χ1n) is 6.28. The molecule has 0 saturated carbocycles. The van der Waals surface area contributed by atoms with Gasteiger partial charge in [-0.2, -0.15) is 0 Å². The van der Waals surface area contributed by atoms with Gasteiger partial charge >= 0.3 is 0 Å². The average molecular weight is 218 g/mol. The molecule has 88 valence electrons. The van der Waals surface area contributed by atoms with Gasteiger partial charge in [-0.15, -0.1) is 0 Å². The van der Waals surface area contributed by atoms with E-state index in [9.17, 15) is 0 Å². The summed E-state index contributed by atoms with van der Waals surface area (Å²) in [5.41, 5.74) is 7.39. The monoisotopic (exact) mass is 218 g/mol. The molecule has 0 aliphatic carbocycles. The van der Waals surface area contributed by atoms with Crippen LogP contribution in [0.3, 0.4) is 0 Å². The van der Waals surface area contributed by atoms with Crippen molar-refractivity contribution in [2.24, 2.45) is 5.73 Å². The van der Waals surface area contributed by atoms with Crippen LogP contribution in [0.25, 0.3) is 0 Å². The molecule has 2 rings (SSSR count). The van der Waals surface area contributed by atoms with Crippen LogP contribution in [0.1, 0.15) is 31.7 Å². The Morgan fingerprint density at radius 2 is 1.75 bits per heavy atom. The fraction of sp³-hybridized carbons (Fsp3) is 0.571. The summed E-state index contributed by atoms with van der Waals surface area (Å²) in [4.78, 5) is 2.55. The molecule has 16 heavy (non-hydrogen) atoms. The van der Waals surface area contributed by atoms with E-state index in [0.717, 1.165) is 0 Å². The molecule has 1 fully saturated rings. The minimum absolute atomic E-state index is 0.0156. The van der Waals surface area contributed by atoms with Crippen LogP contribution in [0.4, 0.5) is 0 Å². The lowest BCUT2D eigenvalue weighted by molar-refractivity contribution is 0.0855. The summed E-state index contributed by atoms with van der Waals surface area (Å²) in [6.45, 7) is 5.33. The number of hydrogen-bond donors (Lipinski definition) is 1. The Bertz CT molecular complexity index is 317. The Labute approximate surface area is 98.4 Å². The fourth-order valence-corrected chi connectivity index (χ4v) is 2.61. The van der Waals surface area contributed by atoms with Gasteiger partial charge in [0.2, 0.25) is 0 Å². The van der Waals surface area contributed by atoms with Crippen LogP contribution >= 0.6 is 0 Å². The lowest BCUT2D eigenvalue weighted by atomic mass is 9.88. The van der Waals surface area contributed by atoms with Crippen LogP contribution in [0.2, 0.25) is 0 Å². The van der Waals surface area contributed by atoms with Crippen LogP contribution in [-0.4, -0.2) is 24.5 Å². The number of likely N-dealkylation sites (tertiary alicyclic amines) is 1. The number of benzene rings is 1. The van der Waals surface area contributed by atoms with E-state index in [1.54, 1.807) is 0 Å². The van der Waals surface area contributed by atoms with E-state index in [2.05, 4.69) is 42.2 Å². The number of nitrogens with zero attached hydrogens (tertiary/aromatic N) is 1. The summed E-state index contributed by atoms with van der Waals surface area (Å²) in [7, 11) is 0. The van der Waals surface area contributed by atoms with Gasteiger partial charge in [0.25, 0.3) is 0 Å². The Kier molecular flexibility index (Phi) is 3.62. The molecule has 1 atom stereocenters. The molecule has 0 amide bonds. The maximum absolute atomic E-state index is 6.03. The van der Waals surface area contributed by atoms with Gasteiger partial charge in [0.1, 0.15) is 0 Å². The minimum Gasteiger partial charge on any atom is -0.328 e. The van der Waals surface area contributed by atoms with E-state index in [4.69, 9.17) is 5.73 Å². The Morgan fingerprint density at radius 3 is 2.31 bits per heavy atom. The van der Waals surface area contributed by atoms with E-state index in [1.165, 1.54) is 37.9 Å². The number of rotatable bonds is 3. The van der Waals surface area contributed by atoms with Gasteiger partial charge in [0.05, 0.1) is 5.54 Å². The maximum Gasteiger partial charge on any atom is 0.0555 e. The molecule has 0 bridgehead atoms. The van der Waals surface area contributed by atoms with Gasteiger partial charge in [-0.25, -0.2) is 0 Å². The molecule has 2 heteroatoms. The average Bonchev–Trinajstić information content (AvgIpc) is 2.40. The predicted octanol–water partition coefficient (Wildman–Crippen LogP) is 2.35. The Hall–Kier alpha value is -0.860. The lowest BCUT2D eigenvalue weighted by Gasteiger charge is -2.43. The van der Waals surface area contributed by atoms with Crippen molar-refractivity contribution in [3.8, 4) is 0 Å². The fourth-order valence-electron chi connectivity index (χ4n) is 2.61. The second-order valence-corrected chi connectivity index (χ2v) is 4.89. The first-order chi connectivity index (χ1) is 7.77. The quantitative estimate of drug-likeness (QED) is 0.844. The molecule has 0 spiro atoms. The second kappa shape index (κ2) is 4.98. The largest absolute Gasteiger partial charge is 0.328 e. The molecule has 1 aromatic carbocycles. The SMILES string of the molecule is CC(CN)(c1ccccc1)N1CCCCC1. The van der Waals surface area contributed by atoms with Gasteiger partial charge in [-0.05, 0) is 38.4 Å². The van der Waals surface area contributed by atoms with Gasteiger partial charge < -0.3 is 5.73 Å². The first-order valence-corrected chi connectivity index (χ1v) is 6.28. The number of piperidine rings is 1. The third kappa shape index (κ3) is 2.13. The zero-order valence-corrected chi connectivity index (χ0v) is 10.2. The summed E-state index contributed by atoms with van der Waals surface area (Å²) < 4.78 is 0. The molecule has 0 radical (unpaired) electrons. The molecule has 1 aliphatic heterocycles. The standard InChI is InChI=1S/C14H22N2/c1-14(12-15,13-8-4-2-5-9-13)16-10-6-3-7-11-16/h2,4-5,8-9H,3,6-7,10-12,15H2,1H3. The molecule has 2 nitrogen and oxygen atoms in total. The summed E-state index contributed by atoms with van der Waals surface area (Å²) in [5, 5.41) is 0. The summed E-state index contributed by atoms with van der Waals surface area (Å²) >= 11 is 0. The van der Waals surface area contributed by atoms with E-state index in [1.807, 2.05) is 0 Å². The molecule has 1 aromatic rings. The van der Waals surface area contributed by atoms with E-state index in [-0.39, 0.29) is 5.54 Å². The molecule has 2 N–H and O–H groups in total. The highest BCUT2D eigenvalue weighted by atomic mass is 15.2. The van der Waals surface area contributed by atoms with Gasteiger partial charge in [0, 0.05) is 6.54 Å². The van der Waals surface area contributed by atoms with Crippen molar-refractivity contribution in [1.29, 1.82) is 0 Å². The van der Waals surface area contributed by atoms with Crippen LogP contribution in [0.5, 0.6) is 0 Å².